The first-order valence-electron chi connectivity index (χ1n) is 8.97. The number of hydrogen-bond acceptors (Lipinski definition) is 4. The van der Waals surface area contributed by atoms with Crippen molar-refractivity contribution in [3.8, 4) is 0 Å². The number of ether oxygens (including phenoxy) is 1. The lowest BCUT2D eigenvalue weighted by atomic mass is 9.89. The molecule has 0 bridgehead atoms. The van der Waals surface area contributed by atoms with Crippen LogP contribution in [-0.2, 0) is 16.0 Å². The third kappa shape index (κ3) is 4.14. The SMILES string of the molecule is Cc1cc(CCC(=O)NCC2(C)COC2)cc(C2CCCN2C)n1. The van der Waals surface area contributed by atoms with Gasteiger partial charge in [-0.2, -0.15) is 0 Å². The van der Waals surface area contributed by atoms with Crippen LogP contribution in [0.1, 0.15) is 49.2 Å². The van der Waals surface area contributed by atoms with E-state index in [9.17, 15) is 4.79 Å². The molecule has 1 amide bonds. The van der Waals surface area contributed by atoms with Gasteiger partial charge in [0.05, 0.1) is 24.9 Å². The summed E-state index contributed by atoms with van der Waals surface area (Å²) in [6.45, 7) is 7.52. The van der Waals surface area contributed by atoms with E-state index in [1.807, 2.05) is 6.92 Å². The van der Waals surface area contributed by atoms with E-state index in [1.54, 1.807) is 0 Å². The van der Waals surface area contributed by atoms with Gasteiger partial charge in [0.1, 0.15) is 0 Å². The van der Waals surface area contributed by atoms with Crippen LogP contribution in [0.3, 0.4) is 0 Å². The maximum absolute atomic E-state index is 12.1. The molecule has 0 aliphatic carbocycles. The Labute approximate surface area is 144 Å². The van der Waals surface area contributed by atoms with Crippen LogP contribution in [-0.4, -0.2) is 49.1 Å². The van der Waals surface area contributed by atoms with Crippen LogP contribution in [0, 0.1) is 12.3 Å². The van der Waals surface area contributed by atoms with E-state index in [4.69, 9.17) is 9.72 Å². The Balaban J connectivity index is 1.54. The topological polar surface area (TPSA) is 54.5 Å². The van der Waals surface area contributed by atoms with E-state index in [-0.39, 0.29) is 11.3 Å². The van der Waals surface area contributed by atoms with Gasteiger partial charge in [0.2, 0.25) is 5.91 Å². The van der Waals surface area contributed by atoms with Crippen LogP contribution in [0.5, 0.6) is 0 Å². The zero-order chi connectivity index (χ0) is 17.2. The number of hydrogen-bond donors (Lipinski definition) is 1. The van der Waals surface area contributed by atoms with Gasteiger partial charge in [0, 0.05) is 24.1 Å². The summed E-state index contributed by atoms with van der Waals surface area (Å²) in [5, 5.41) is 3.04. The Morgan fingerprint density at radius 1 is 1.46 bits per heavy atom. The van der Waals surface area contributed by atoms with Crippen LogP contribution in [0.15, 0.2) is 12.1 Å². The first-order chi connectivity index (χ1) is 11.5. The molecule has 2 aliphatic rings. The van der Waals surface area contributed by atoms with Crippen molar-refractivity contribution in [1.29, 1.82) is 0 Å². The predicted molar refractivity (Wildman–Crippen MR) is 93.8 cm³/mol. The standard InChI is InChI=1S/C19H29N3O2/c1-14-9-15(10-16(21-14)17-5-4-8-22(17)3)6-7-18(23)20-11-19(2)12-24-13-19/h9-10,17H,4-8,11-13H2,1-3H3,(H,20,23). The number of rotatable bonds is 6. The lowest BCUT2D eigenvalue weighted by molar-refractivity contribution is -0.126. The molecule has 1 aromatic rings. The molecule has 2 saturated heterocycles. The highest BCUT2D eigenvalue weighted by molar-refractivity contribution is 5.76. The second kappa shape index (κ2) is 7.19. The van der Waals surface area contributed by atoms with Crippen molar-refractivity contribution in [2.24, 2.45) is 5.41 Å². The number of carbonyl (C=O) groups is 1. The van der Waals surface area contributed by atoms with Crippen molar-refractivity contribution in [2.45, 2.75) is 45.6 Å². The molecular formula is C19H29N3O2. The molecule has 0 radical (unpaired) electrons. The highest BCUT2D eigenvalue weighted by Gasteiger charge is 2.33. The number of likely N-dealkylation sites (tertiary alicyclic amines) is 1. The Morgan fingerprint density at radius 3 is 2.88 bits per heavy atom. The van der Waals surface area contributed by atoms with E-state index in [2.05, 4.69) is 36.3 Å². The number of pyridine rings is 1. The summed E-state index contributed by atoms with van der Waals surface area (Å²) in [5.41, 5.74) is 3.54. The van der Waals surface area contributed by atoms with Crippen molar-refractivity contribution in [2.75, 3.05) is 33.4 Å². The fourth-order valence-corrected chi connectivity index (χ4v) is 3.58. The van der Waals surface area contributed by atoms with Crippen molar-refractivity contribution < 1.29 is 9.53 Å². The summed E-state index contributed by atoms with van der Waals surface area (Å²) in [7, 11) is 2.17. The second-order valence-corrected chi connectivity index (χ2v) is 7.76. The van der Waals surface area contributed by atoms with Crippen molar-refractivity contribution >= 4 is 5.91 Å². The lowest BCUT2D eigenvalue weighted by Crippen LogP contribution is -2.48. The largest absolute Gasteiger partial charge is 0.380 e. The molecule has 1 atom stereocenters. The molecule has 24 heavy (non-hydrogen) atoms. The van der Waals surface area contributed by atoms with Gasteiger partial charge in [-0.25, -0.2) is 0 Å². The Morgan fingerprint density at radius 2 is 2.25 bits per heavy atom. The molecule has 3 heterocycles. The molecule has 0 saturated carbocycles. The number of nitrogens with zero attached hydrogens (tertiary/aromatic N) is 2. The minimum atomic E-state index is 0.122. The average molecular weight is 331 g/mol. The van der Waals surface area contributed by atoms with E-state index in [0.717, 1.165) is 37.6 Å². The zero-order valence-corrected chi connectivity index (χ0v) is 15.1. The number of nitrogens with one attached hydrogen (secondary N) is 1. The smallest absolute Gasteiger partial charge is 0.220 e. The van der Waals surface area contributed by atoms with Crippen LogP contribution < -0.4 is 5.32 Å². The Hall–Kier alpha value is -1.46. The normalized spacial score (nSPS) is 23.0. The van der Waals surface area contributed by atoms with Gasteiger partial charge in [-0.15, -0.1) is 0 Å². The molecule has 1 N–H and O–H groups in total. The number of aryl methyl sites for hydroxylation is 2. The van der Waals surface area contributed by atoms with Gasteiger partial charge >= 0.3 is 0 Å². The molecule has 0 spiro atoms. The predicted octanol–water partition coefficient (Wildman–Crippen LogP) is 2.24. The molecule has 2 aliphatic heterocycles. The summed E-state index contributed by atoms with van der Waals surface area (Å²) < 4.78 is 5.22. The molecule has 5 heteroatoms. The molecule has 132 valence electrons. The third-order valence-electron chi connectivity index (χ3n) is 5.15. The minimum Gasteiger partial charge on any atom is -0.380 e. The number of amides is 1. The number of carbonyl (C=O) groups excluding carboxylic acids is 1. The molecule has 5 nitrogen and oxygen atoms in total. The van der Waals surface area contributed by atoms with Crippen molar-refractivity contribution in [1.82, 2.24) is 15.2 Å². The molecule has 2 fully saturated rings. The highest BCUT2D eigenvalue weighted by Crippen LogP contribution is 2.30. The van der Waals surface area contributed by atoms with E-state index < -0.39 is 0 Å². The van der Waals surface area contributed by atoms with Crippen molar-refractivity contribution in [3.05, 3.63) is 29.1 Å². The monoisotopic (exact) mass is 331 g/mol. The Bertz CT molecular complexity index is 598. The van der Waals surface area contributed by atoms with E-state index in [0.29, 0.717) is 19.0 Å². The zero-order valence-electron chi connectivity index (χ0n) is 15.1. The first-order valence-corrected chi connectivity index (χ1v) is 8.97. The second-order valence-electron chi connectivity index (χ2n) is 7.76. The summed E-state index contributed by atoms with van der Waals surface area (Å²) >= 11 is 0. The Kier molecular flexibility index (Phi) is 5.21. The van der Waals surface area contributed by atoms with Gasteiger partial charge in [-0.05, 0) is 57.5 Å². The van der Waals surface area contributed by atoms with Crippen LogP contribution >= 0.6 is 0 Å². The average Bonchev–Trinajstić information content (AvgIpc) is 2.94. The molecule has 3 rings (SSSR count). The third-order valence-corrected chi connectivity index (χ3v) is 5.15. The van der Waals surface area contributed by atoms with Gasteiger partial charge in [0.25, 0.3) is 0 Å². The summed E-state index contributed by atoms with van der Waals surface area (Å²) in [6, 6.07) is 4.72. The van der Waals surface area contributed by atoms with E-state index in [1.165, 1.54) is 18.4 Å². The number of aromatic nitrogens is 1. The fraction of sp³-hybridized carbons (Fsp3) is 0.684. The van der Waals surface area contributed by atoms with Gasteiger partial charge < -0.3 is 10.1 Å². The molecule has 0 aromatic carbocycles. The lowest BCUT2D eigenvalue weighted by Gasteiger charge is -2.38. The van der Waals surface area contributed by atoms with Crippen LogP contribution in [0.2, 0.25) is 0 Å². The van der Waals surface area contributed by atoms with Gasteiger partial charge in [-0.1, -0.05) is 6.92 Å². The fourth-order valence-electron chi connectivity index (χ4n) is 3.58. The van der Waals surface area contributed by atoms with Gasteiger partial charge in [0.15, 0.2) is 0 Å². The highest BCUT2D eigenvalue weighted by atomic mass is 16.5. The van der Waals surface area contributed by atoms with Gasteiger partial charge in [-0.3, -0.25) is 14.7 Å². The van der Waals surface area contributed by atoms with E-state index >= 15 is 0 Å². The molecule has 1 unspecified atom stereocenters. The molecule has 1 aromatic heterocycles. The first kappa shape index (κ1) is 17.4. The van der Waals surface area contributed by atoms with Crippen LogP contribution in [0.4, 0.5) is 0 Å². The summed E-state index contributed by atoms with van der Waals surface area (Å²) in [6.07, 6.45) is 3.71. The maximum atomic E-state index is 12.1. The molecular weight excluding hydrogens is 302 g/mol. The summed E-state index contributed by atoms with van der Waals surface area (Å²) in [4.78, 5) is 19.2. The quantitative estimate of drug-likeness (QED) is 0.869. The van der Waals surface area contributed by atoms with Crippen LogP contribution in [0.25, 0.3) is 0 Å². The minimum absolute atomic E-state index is 0.122. The summed E-state index contributed by atoms with van der Waals surface area (Å²) in [5.74, 6) is 0.122. The maximum Gasteiger partial charge on any atom is 0.220 e. The van der Waals surface area contributed by atoms with Crippen molar-refractivity contribution in [3.63, 3.8) is 0 Å².